The van der Waals surface area contributed by atoms with E-state index in [1.165, 1.54) is 11.4 Å². The zero-order valence-electron chi connectivity index (χ0n) is 11.4. The smallest absolute Gasteiger partial charge is 0.117 e. The standard InChI is InChI=1S/C15H20N2OS/c1-10-7-13(10)14-4-3-12(18-14)9-16-8-11(2)15-17-5-6-19-15/h3-6,10-11,13,16H,7-9H2,1-2H3. The first-order valence-corrected chi connectivity index (χ1v) is 7.80. The van der Waals surface area contributed by atoms with Crippen LogP contribution in [0.5, 0.6) is 0 Å². The van der Waals surface area contributed by atoms with Crippen LogP contribution in [-0.4, -0.2) is 11.5 Å². The molecule has 4 heteroatoms. The third kappa shape index (κ3) is 3.07. The van der Waals surface area contributed by atoms with E-state index in [4.69, 9.17) is 4.42 Å². The van der Waals surface area contributed by atoms with Crippen LogP contribution < -0.4 is 5.32 Å². The molecule has 102 valence electrons. The second kappa shape index (κ2) is 5.47. The molecule has 0 bridgehead atoms. The first-order chi connectivity index (χ1) is 9.24. The van der Waals surface area contributed by atoms with Gasteiger partial charge in [-0.15, -0.1) is 11.3 Å². The van der Waals surface area contributed by atoms with E-state index in [9.17, 15) is 0 Å². The molecular formula is C15H20N2OS. The lowest BCUT2D eigenvalue weighted by Gasteiger charge is -2.08. The number of thiazole rings is 1. The van der Waals surface area contributed by atoms with Gasteiger partial charge in [0.2, 0.25) is 0 Å². The van der Waals surface area contributed by atoms with Crippen molar-refractivity contribution < 1.29 is 4.42 Å². The topological polar surface area (TPSA) is 38.1 Å². The number of hydrogen-bond acceptors (Lipinski definition) is 4. The van der Waals surface area contributed by atoms with Crippen molar-refractivity contribution in [3.05, 3.63) is 40.2 Å². The van der Waals surface area contributed by atoms with Gasteiger partial charge in [0, 0.05) is 30.0 Å². The number of nitrogens with zero attached hydrogens (tertiary/aromatic N) is 1. The molecule has 3 unspecified atom stereocenters. The van der Waals surface area contributed by atoms with E-state index in [0.717, 1.165) is 30.5 Å². The normalized spacial score (nSPS) is 23.5. The summed E-state index contributed by atoms with van der Waals surface area (Å²) in [6, 6.07) is 4.23. The molecule has 19 heavy (non-hydrogen) atoms. The first-order valence-electron chi connectivity index (χ1n) is 6.92. The van der Waals surface area contributed by atoms with Gasteiger partial charge in [-0.1, -0.05) is 13.8 Å². The quantitative estimate of drug-likeness (QED) is 0.873. The molecule has 0 radical (unpaired) electrons. The highest BCUT2D eigenvalue weighted by Gasteiger charge is 2.36. The summed E-state index contributed by atoms with van der Waals surface area (Å²) in [5.41, 5.74) is 0. The van der Waals surface area contributed by atoms with Crippen LogP contribution in [0.25, 0.3) is 0 Å². The summed E-state index contributed by atoms with van der Waals surface area (Å²) in [5, 5.41) is 6.67. The fourth-order valence-corrected chi connectivity index (χ4v) is 3.08. The van der Waals surface area contributed by atoms with Gasteiger partial charge >= 0.3 is 0 Å². The van der Waals surface area contributed by atoms with Gasteiger partial charge in [-0.25, -0.2) is 4.98 Å². The molecule has 3 nitrogen and oxygen atoms in total. The van der Waals surface area contributed by atoms with Crippen molar-refractivity contribution in [3.63, 3.8) is 0 Å². The molecule has 3 rings (SSSR count). The summed E-state index contributed by atoms with van der Waals surface area (Å²) in [5.74, 6) is 4.13. The zero-order chi connectivity index (χ0) is 13.2. The Balaban J connectivity index is 1.46. The van der Waals surface area contributed by atoms with E-state index >= 15 is 0 Å². The minimum absolute atomic E-state index is 0.456. The molecule has 1 fully saturated rings. The number of hydrogen-bond donors (Lipinski definition) is 1. The van der Waals surface area contributed by atoms with Crippen molar-refractivity contribution >= 4 is 11.3 Å². The maximum atomic E-state index is 5.87. The van der Waals surface area contributed by atoms with E-state index in [1.54, 1.807) is 11.3 Å². The fourth-order valence-electron chi connectivity index (χ4n) is 2.38. The van der Waals surface area contributed by atoms with E-state index < -0.39 is 0 Å². The van der Waals surface area contributed by atoms with Crippen molar-refractivity contribution in [1.29, 1.82) is 0 Å². The highest BCUT2D eigenvalue weighted by atomic mass is 32.1. The Morgan fingerprint density at radius 2 is 2.37 bits per heavy atom. The molecule has 1 aliphatic rings. The molecule has 1 saturated carbocycles. The lowest BCUT2D eigenvalue weighted by Crippen LogP contribution is -2.19. The Morgan fingerprint density at radius 1 is 1.53 bits per heavy atom. The molecule has 0 aliphatic heterocycles. The Hall–Kier alpha value is -1.13. The number of nitrogens with one attached hydrogen (secondary N) is 1. The van der Waals surface area contributed by atoms with E-state index in [-0.39, 0.29) is 0 Å². The molecule has 0 aromatic carbocycles. The number of rotatable bonds is 6. The lowest BCUT2D eigenvalue weighted by molar-refractivity contribution is 0.440. The van der Waals surface area contributed by atoms with Crippen LogP contribution in [0.2, 0.25) is 0 Å². The summed E-state index contributed by atoms with van der Waals surface area (Å²) in [6.07, 6.45) is 3.15. The van der Waals surface area contributed by atoms with Gasteiger partial charge < -0.3 is 9.73 Å². The van der Waals surface area contributed by atoms with Gasteiger partial charge in [-0.3, -0.25) is 0 Å². The Labute approximate surface area is 118 Å². The molecule has 0 amide bonds. The van der Waals surface area contributed by atoms with E-state index in [1.807, 2.05) is 11.6 Å². The van der Waals surface area contributed by atoms with E-state index in [0.29, 0.717) is 11.8 Å². The molecule has 2 aromatic heterocycles. The second-order valence-corrected chi connectivity index (χ2v) is 6.45. The monoisotopic (exact) mass is 276 g/mol. The average molecular weight is 276 g/mol. The summed E-state index contributed by atoms with van der Waals surface area (Å²) in [4.78, 5) is 4.34. The number of furan rings is 1. The second-order valence-electron chi connectivity index (χ2n) is 5.53. The minimum Gasteiger partial charge on any atom is -0.464 e. The van der Waals surface area contributed by atoms with Crippen LogP contribution in [0.4, 0.5) is 0 Å². The van der Waals surface area contributed by atoms with Gasteiger partial charge in [0.1, 0.15) is 11.5 Å². The molecule has 0 saturated heterocycles. The predicted octanol–water partition coefficient (Wildman–Crippen LogP) is 3.75. The van der Waals surface area contributed by atoms with Crippen LogP contribution in [0, 0.1) is 5.92 Å². The predicted molar refractivity (Wildman–Crippen MR) is 77.5 cm³/mol. The van der Waals surface area contributed by atoms with Crippen LogP contribution >= 0.6 is 11.3 Å². The average Bonchev–Trinajstić information content (AvgIpc) is 2.90. The van der Waals surface area contributed by atoms with Gasteiger partial charge in [-0.2, -0.15) is 0 Å². The first kappa shape index (κ1) is 12.9. The van der Waals surface area contributed by atoms with Crippen molar-refractivity contribution in [1.82, 2.24) is 10.3 Å². The molecular weight excluding hydrogens is 256 g/mol. The van der Waals surface area contributed by atoms with Crippen molar-refractivity contribution in [2.24, 2.45) is 5.92 Å². The molecule has 0 spiro atoms. The third-order valence-corrected chi connectivity index (χ3v) is 4.79. The summed E-state index contributed by atoms with van der Waals surface area (Å²) in [6.45, 7) is 6.21. The SMILES string of the molecule is CC(CNCc1ccc(C2CC2C)o1)c1nccs1. The van der Waals surface area contributed by atoms with Crippen molar-refractivity contribution in [3.8, 4) is 0 Å². The number of aromatic nitrogens is 1. The molecule has 1 N–H and O–H groups in total. The van der Waals surface area contributed by atoms with Gasteiger partial charge in [-0.05, 0) is 24.5 Å². The van der Waals surface area contributed by atoms with Gasteiger partial charge in [0.05, 0.1) is 11.6 Å². The molecule has 2 aromatic rings. The van der Waals surface area contributed by atoms with Crippen LogP contribution in [0.1, 0.15) is 48.6 Å². The third-order valence-electron chi connectivity index (χ3n) is 3.78. The molecule has 2 heterocycles. The summed E-state index contributed by atoms with van der Waals surface area (Å²) in [7, 11) is 0. The largest absolute Gasteiger partial charge is 0.464 e. The highest BCUT2D eigenvalue weighted by Crippen LogP contribution is 2.47. The lowest BCUT2D eigenvalue weighted by atomic mass is 10.2. The Bertz CT molecular complexity index is 520. The zero-order valence-corrected chi connectivity index (χ0v) is 12.2. The van der Waals surface area contributed by atoms with Crippen LogP contribution in [0.3, 0.4) is 0 Å². The molecule has 1 aliphatic carbocycles. The maximum absolute atomic E-state index is 5.87. The van der Waals surface area contributed by atoms with Crippen molar-refractivity contribution in [2.75, 3.05) is 6.54 Å². The van der Waals surface area contributed by atoms with Crippen molar-refractivity contribution in [2.45, 2.75) is 38.6 Å². The Kier molecular flexibility index (Phi) is 3.71. The minimum atomic E-state index is 0.456. The maximum Gasteiger partial charge on any atom is 0.117 e. The molecule has 3 atom stereocenters. The summed E-state index contributed by atoms with van der Waals surface area (Å²) >= 11 is 1.72. The van der Waals surface area contributed by atoms with Gasteiger partial charge in [0.15, 0.2) is 0 Å². The Morgan fingerprint density at radius 3 is 3.05 bits per heavy atom. The van der Waals surface area contributed by atoms with Gasteiger partial charge in [0.25, 0.3) is 0 Å². The summed E-state index contributed by atoms with van der Waals surface area (Å²) < 4.78 is 5.87. The van der Waals surface area contributed by atoms with E-state index in [2.05, 4.69) is 36.3 Å². The van der Waals surface area contributed by atoms with Crippen LogP contribution in [0.15, 0.2) is 28.1 Å². The fraction of sp³-hybridized carbons (Fsp3) is 0.533. The highest BCUT2D eigenvalue weighted by molar-refractivity contribution is 7.09. The van der Waals surface area contributed by atoms with Crippen LogP contribution in [-0.2, 0) is 6.54 Å².